The number of pyridine rings is 2. The van der Waals surface area contributed by atoms with Crippen molar-refractivity contribution < 1.29 is 0 Å². The molecule has 1 aliphatic carbocycles. The molecule has 0 aliphatic heterocycles. The first kappa shape index (κ1) is 12.8. The van der Waals surface area contributed by atoms with Crippen molar-refractivity contribution >= 4 is 27.6 Å². The molecule has 18 heavy (non-hydrogen) atoms. The summed E-state index contributed by atoms with van der Waals surface area (Å²) in [6, 6.07) is 7.69. The molecule has 1 aliphatic rings. The van der Waals surface area contributed by atoms with Crippen LogP contribution in [-0.2, 0) is 0 Å². The van der Waals surface area contributed by atoms with Gasteiger partial charge in [-0.25, -0.2) is 9.97 Å². The molecular formula is C13H15BrN4. The van der Waals surface area contributed by atoms with Gasteiger partial charge in [-0.2, -0.15) is 0 Å². The lowest BCUT2D eigenvalue weighted by Crippen LogP contribution is -1.94. The van der Waals surface area contributed by atoms with Gasteiger partial charge in [0.1, 0.15) is 11.6 Å². The Morgan fingerprint density at radius 2 is 1.61 bits per heavy atom. The minimum Gasteiger partial charge on any atom is -0.383 e. The fraction of sp³-hybridized carbons (Fsp3) is 0.231. The van der Waals surface area contributed by atoms with Crippen LogP contribution in [-0.4, -0.2) is 9.97 Å². The monoisotopic (exact) mass is 306 g/mol. The van der Waals surface area contributed by atoms with Crippen LogP contribution in [0.1, 0.15) is 24.3 Å². The fourth-order valence-electron chi connectivity index (χ4n) is 1.57. The van der Waals surface area contributed by atoms with Crippen molar-refractivity contribution in [2.24, 2.45) is 0 Å². The largest absolute Gasteiger partial charge is 0.383 e. The first-order valence-corrected chi connectivity index (χ1v) is 6.54. The summed E-state index contributed by atoms with van der Waals surface area (Å²) in [6.45, 7) is 0. The van der Waals surface area contributed by atoms with Gasteiger partial charge in [-0.05, 0) is 58.5 Å². The first-order chi connectivity index (χ1) is 8.68. The molecule has 2 heterocycles. The highest BCUT2D eigenvalue weighted by atomic mass is 79.9. The Kier molecular flexibility index (Phi) is 4.15. The van der Waals surface area contributed by atoms with Crippen molar-refractivity contribution in [2.45, 2.75) is 18.8 Å². The number of anilines is 2. The van der Waals surface area contributed by atoms with Gasteiger partial charge >= 0.3 is 0 Å². The molecule has 0 aromatic carbocycles. The van der Waals surface area contributed by atoms with E-state index in [1.807, 2.05) is 18.2 Å². The van der Waals surface area contributed by atoms with Crippen molar-refractivity contribution in [2.75, 3.05) is 11.5 Å². The van der Waals surface area contributed by atoms with E-state index in [4.69, 9.17) is 11.5 Å². The Morgan fingerprint density at radius 1 is 1.00 bits per heavy atom. The molecule has 0 atom stereocenters. The van der Waals surface area contributed by atoms with Crippen LogP contribution in [0.3, 0.4) is 0 Å². The molecule has 4 N–H and O–H groups in total. The molecular weight excluding hydrogens is 292 g/mol. The highest BCUT2D eigenvalue weighted by molar-refractivity contribution is 9.10. The Balaban J connectivity index is 0.000000138. The van der Waals surface area contributed by atoms with Crippen LogP contribution in [0.25, 0.3) is 0 Å². The van der Waals surface area contributed by atoms with Crippen LogP contribution < -0.4 is 11.5 Å². The summed E-state index contributed by atoms with van der Waals surface area (Å²) >= 11 is 3.21. The van der Waals surface area contributed by atoms with Gasteiger partial charge in [-0.15, -0.1) is 0 Å². The minimum absolute atomic E-state index is 0.535. The lowest BCUT2D eigenvalue weighted by Gasteiger charge is -1.99. The van der Waals surface area contributed by atoms with Gasteiger partial charge in [0.15, 0.2) is 0 Å². The maximum atomic E-state index is 5.65. The van der Waals surface area contributed by atoms with Gasteiger partial charge < -0.3 is 11.5 Å². The molecule has 0 radical (unpaired) electrons. The standard InChI is InChI=1S/C8H10N2.C5H5BrN2/c9-8-7(6-3-4-6)2-1-5-10-8;6-4-2-1-3-8-5(4)7/h1-2,5-6H,3-4H2,(H2,9,10);1-3H,(H2,7,8). The van der Waals surface area contributed by atoms with E-state index in [-0.39, 0.29) is 0 Å². The quantitative estimate of drug-likeness (QED) is 0.849. The van der Waals surface area contributed by atoms with Gasteiger partial charge in [0, 0.05) is 12.4 Å². The Bertz CT molecular complexity index is 505. The number of halogens is 1. The van der Waals surface area contributed by atoms with Gasteiger partial charge in [-0.1, -0.05) is 6.07 Å². The molecule has 2 aromatic heterocycles. The predicted molar refractivity (Wildman–Crippen MR) is 77.0 cm³/mol. The van der Waals surface area contributed by atoms with Gasteiger partial charge in [-0.3, -0.25) is 0 Å². The molecule has 4 nitrogen and oxygen atoms in total. The molecule has 0 spiro atoms. The molecule has 94 valence electrons. The molecule has 2 aromatic rings. The van der Waals surface area contributed by atoms with Crippen molar-refractivity contribution in [1.82, 2.24) is 9.97 Å². The van der Waals surface area contributed by atoms with Gasteiger partial charge in [0.2, 0.25) is 0 Å². The number of rotatable bonds is 1. The number of hydrogen-bond donors (Lipinski definition) is 2. The van der Waals surface area contributed by atoms with E-state index in [1.165, 1.54) is 18.4 Å². The van der Waals surface area contributed by atoms with Crippen LogP contribution in [0.2, 0.25) is 0 Å². The highest BCUT2D eigenvalue weighted by Crippen LogP contribution is 2.41. The SMILES string of the molecule is Nc1ncccc1Br.Nc1ncccc1C1CC1. The second-order valence-corrected chi connectivity index (χ2v) is 4.98. The van der Waals surface area contributed by atoms with E-state index >= 15 is 0 Å². The minimum atomic E-state index is 0.535. The van der Waals surface area contributed by atoms with Crippen LogP contribution in [0.4, 0.5) is 11.6 Å². The second kappa shape index (κ2) is 5.82. The normalized spacial score (nSPS) is 13.6. The fourth-order valence-corrected chi connectivity index (χ4v) is 1.82. The first-order valence-electron chi connectivity index (χ1n) is 5.75. The average Bonchev–Trinajstić information content (AvgIpc) is 3.19. The van der Waals surface area contributed by atoms with E-state index in [2.05, 4.69) is 32.0 Å². The Labute approximate surface area is 115 Å². The predicted octanol–water partition coefficient (Wildman–Crippen LogP) is 2.97. The summed E-state index contributed by atoms with van der Waals surface area (Å²) in [5.74, 6) is 1.96. The summed E-state index contributed by atoms with van der Waals surface area (Å²) < 4.78 is 0.847. The smallest absolute Gasteiger partial charge is 0.137 e. The summed E-state index contributed by atoms with van der Waals surface area (Å²) in [6.07, 6.45) is 5.97. The van der Waals surface area contributed by atoms with E-state index in [0.29, 0.717) is 17.6 Å². The van der Waals surface area contributed by atoms with Crippen molar-refractivity contribution in [1.29, 1.82) is 0 Å². The third kappa shape index (κ3) is 3.43. The topological polar surface area (TPSA) is 77.8 Å². The molecule has 0 unspecified atom stereocenters. The lowest BCUT2D eigenvalue weighted by atomic mass is 10.2. The molecule has 1 fully saturated rings. The maximum Gasteiger partial charge on any atom is 0.137 e. The zero-order valence-electron chi connectivity index (χ0n) is 9.88. The van der Waals surface area contributed by atoms with Crippen LogP contribution in [0.15, 0.2) is 41.1 Å². The number of nitrogen functional groups attached to an aromatic ring is 2. The molecule has 1 saturated carbocycles. The Morgan fingerprint density at radius 3 is 2.06 bits per heavy atom. The van der Waals surface area contributed by atoms with Gasteiger partial charge in [0.25, 0.3) is 0 Å². The number of nitrogens with zero attached hydrogens (tertiary/aromatic N) is 2. The number of aromatic nitrogens is 2. The molecule has 5 heteroatoms. The van der Waals surface area contributed by atoms with Gasteiger partial charge in [0.05, 0.1) is 4.47 Å². The second-order valence-electron chi connectivity index (χ2n) is 4.12. The summed E-state index contributed by atoms with van der Waals surface area (Å²) in [5, 5.41) is 0. The number of nitrogens with two attached hydrogens (primary N) is 2. The third-order valence-electron chi connectivity index (χ3n) is 2.68. The molecule has 0 saturated heterocycles. The van der Waals surface area contributed by atoms with Crippen molar-refractivity contribution in [3.63, 3.8) is 0 Å². The molecule has 3 rings (SSSR count). The molecule has 0 amide bonds. The van der Waals surface area contributed by atoms with Crippen LogP contribution >= 0.6 is 15.9 Å². The van der Waals surface area contributed by atoms with Crippen LogP contribution in [0.5, 0.6) is 0 Å². The highest BCUT2D eigenvalue weighted by Gasteiger charge is 2.25. The molecule has 0 bridgehead atoms. The maximum absolute atomic E-state index is 5.65. The van der Waals surface area contributed by atoms with E-state index < -0.39 is 0 Å². The zero-order chi connectivity index (χ0) is 13.0. The van der Waals surface area contributed by atoms with E-state index in [1.54, 1.807) is 12.4 Å². The summed E-state index contributed by atoms with van der Waals surface area (Å²) in [4.78, 5) is 7.83. The van der Waals surface area contributed by atoms with Crippen LogP contribution in [0, 0.1) is 0 Å². The van der Waals surface area contributed by atoms with Crippen molar-refractivity contribution in [3.8, 4) is 0 Å². The average molecular weight is 307 g/mol. The summed E-state index contributed by atoms with van der Waals surface area (Å²) in [5.41, 5.74) is 12.3. The van der Waals surface area contributed by atoms with E-state index in [9.17, 15) is 0 Å². The lowest BCUT2D eigenvalue weighted by molar-refractivity contribution is 1.10. The number of hydrogen-bond acceptors (Lipinski definition) is 4. The summed E-state index contributed by atoms with van der Waals surface area (Å²) in [7, 11) is 0. The Hall–Kier alpha value is -1.62. The van der Waals surface area contributed by atoms with E-state index in [0.717, 1.165) is 4.47 Å². The third-order valence-corrected chi connectivity index (χ3v) is 3.35. The van der Waals surface area contributed by atoms with Crippen molar-refractivity contribution in [3.05, 3.63) is 46.7 Å². The zero-order valence-corrected chi connectivity index (χ0v) is 11.5.